The van der Waals surface area contributed by atoms with Crippen molar-refractivity contribution >= 4 is 0 Å². The number of hydrogen-bond donors (Lipinski definition) is 2. The third kappa shape index (κ3) is 6.62. The van der Waals surface area contributed by atoms with Crippen molar-refractivity contribution in [3.05, 3.63) is 0 Å². The van der Waals surface area contributed by atoms with Gasteiger partial charge in [0.1, 0.15) is 0 Å². The van der Waals surface area contributed by atoms with Gasteiger partial charge in [0.05, 0.1) is 0 Å². The van der Waals surface area contributed by atoms with E-state index in [1.54, 1.807) is 0 Å². The summed E-state index contributed by atoms with van der Waals surface area (Å²) in [4.78, 5) is 0. The molecular formula is C10H23NO. The number of hydrogen-bond acceptors (Lipinski definition) is 2. The molecule has 0 amide bonds. The third-order valence-corrected chi connectivity index (χ3v) is 2.07. The summed E-state index contributed by atoms with van der Waals surface area (Å²) in [5.74, 6) is 0. The first-order valence-corrected chi connectivity index (χ1v) is 5.19. The lowest BCUT2D eigenvalue weighted by molar-refractivity contribution is 0.259. The highest BCUT2D eigenvalue weighted by molar-refractivity contribution is 4.65. The number of aliphatic hydroxyl groups excluding tert-OH is 1. The van der Waals surface area contributed by atoms with Crippen molar-refractivity contribution in [2.45, 2.75) is 52.0 Å². The lowest BCUT2D eigenvalue weighted by Crippen LogP contribution is -2.30. The van der Waals surface area contributed by atoms with Crippen molar-refractivity contribution in [3.63, 3.8) is 0 Å². The van der Waals surface area contributed by atoms with Gasteiger partial charge in [-0.05, 0) is 25.8 Å². The summed E-state index contributed by atoms with van der Waals surface area (Å²) in [5.41, 5.74) is 0. The van der Waals surface area contributed by atoms with Gasteiger partial charge in [0, 0.05) is 12.6 Å². The molecule has 0 aliphatic heterocycles. The van der Waals surface area contributed by atoms with Crippen molar-refractivity contribution < 1.29 is 5.11 Å². The Kier molecular flexibility index (Phi) is 8.95. The van der Waals surface area contributed by atoms with Crippen LogP contribution in [0.25, 0.3) is 0 Å². The molecule has 0 bridgehead atoms. The zero-order valence-electron chi connectivity index (χ0n) is 8.47. The lowest BCUT2D eigenvalue weighted by Gasteiger charge is -2.16. The lowest BCUT2D eigenvalue weighted by atomic mass is 10.1. The normalized spacial score (nSPS) is 13.2. The quantitative estimate of drug-likeness (QED) is 0.588. The summed E-state index contributed by atoms with van der Waals surface area (Å²) in [5, 5.41) is 12.2. The molecule has 0 saturated heterocycles. The Balaban J connectivity index is 3.40. The van der Waals surface area contributed by atoms with Crippen LogP contribution in [0.3, 0.4) is 0 Å². The van der Waals surface area contributed by atoms with E-state index in [1.807, 2.05) is 0 Å². The van der Waals surface area contributed by atoms with Gasteiger partial charge < -0.3 is 10.4 Å². The maximum Gasteiger partial charge on any atom is 0.0445 e. The first-order valence-electron chi connectivity index (χ1n) is 5.19. The maximum absolute atomic E-state index is 8.80. The standard InChI is InChI=1S/C10H23NO/c1-3-5-6-10(7-9-12)11-8-4-2/h10-12H,3-9H2,1-2H3. The number of nitrogens with one attached hydrogen (secondary N) is 1. The van der Waals surface area contributed by atoms with E-state index in [0.717, 1.165) is 13.0 Å². The molecule has 0 saturated carbocycles. The van der Waals surface area contributed by atoms with Crippen molar-refractivity contribution in [2.75, 3.05) is 13.2 Å². The smallest absolute Gasteiger partial charge is 0.0445 e. The van der Waals surface area contributed by atoms with Crippen molar-refractivity contribution in [1.29, 1.82) is 0 Å². The monoisotopic (exact) mass is 173 g/mol. The Bertz CT molecular complexity index is 77.9. The molecule has 12 heavy (non-hydrogen) atoms. The van der Waals surface area contributed by atoms with Crippen LogP contribution in [0, 0.1) is 0 Å². The van der Waals surface area contributed by atoms with Crippen molar-refractivity contribution in [1.82, 2.24) is 5.32 Å². The maximum atomic E-state index is 8.80. The van der Waals surface area contributed by atoms with E-state index in [2.05, 4.69) is 19.2 Å². The predicted molar refractivity (Wildman–Crippen MR) is 53.3 cm³/mol. The topological polar surface area (TPSA) is 32.3 Å². The summed E-state index contributed by atoms with van der Waals surface area (Å²) >= 11 is 0. The van der Waals surface area contributed by atoms with Crippen molar-refractivity contribution in [3.8, 4) is 0 Å². The van der Waals surface area contributed by atoms with Gasteiger partial charge in [0.15, 0.2) is 0 Å². The minimum atomic E-state index is 0.311. The van der Waals surface area contributed by atoms with Crippen LogP contribution < -0.4 is 5.32 Å². The second kappa shape index (κ2) is 9.01. The van der Waals surface area contributed by atoms with Gasteiger partial charge in [-0.15, -0.1) is 0 Å². The Morgan fingerprint density at radius 1 is 1.17 bits per heavy atom. The molecule has 1 atom stereocenters. The van der Waals surface area contributed by atoms with Crippen LogP contribution in [0.5, 0.6) is 0 Å². The van der Waals surface area contributed by atoms with E-state index in [-0.39, 0.29) is 0 Å². The van der Waals surface area contributed by atoms with Gasteiger partial charge in [0.25, 0.3) is 0 Å². The minimum absolute atomic E-state index is 0.311. The molecule has 0 aromatic heterocycles. The number of aliphatic hydroxyl groups is 1. The van der Waals surface area contributed by atoms with E-state index < -0.39 is 0 Å². The Morgan fingerprint density at radius 2 is 1.92 bits per heavy atom. The van der Waals surface area contributed by atoms with Crippen LogP contribution in [0.1, 0.15) is 46.0 Å². The van der Waals surface area contributed by atoms with E-state index in [1.165, 1.54) is 25.7 Å². The molecule has 0 aliphatic carbocycles. The first kappa shape index (κ1) is 11.9. The van der Waals surface area contributed by atoms with Crippen LogP contribution >= 0.6 is 0 Å². The molecule has 0 aliphatic rings. The SMILES string of the molecule is CCCCC(CCO)NCCC. The summed E-state index contributed by atoms with van der Waals surface area (Å²) in [6.45, 7) is 5.76. The molecule has 0 heterocycles. The fourth-order valence-corrected chi connectivity index (χ4v) is 1.30. The molecule has 2 N–H and O–H groups in total. The molecule has 0 spiro atoms. The summed E-state index contributed by atoms with van der Waals surface area (Å²) in [7, 11) is 0. The second-order valence-electron chi connectivity index (χ2n) is 3.31. The molecule has 0 rings (SSSR count). The number of unbranched alkanes of at least 4 members (excludes halogenated alkanes) is 1. The van der Waals surface area contributed by atoms with Crippen LogP contribution in [0.4, 0.5) is 0 Å². The minimum Gasteiger partial charge on any atom is -0.396 e. The molecule has 74 valence electrons. The summed E-state index contributed by atoms with van der Waals surface area (Å²) in [6, 6.07) is 0.537. The van der Waals surface area contributed by atoms with Gasteiger partial charge in [-0.1, -0.05) is 26.7 Å². The zero-order valence-corrected chi connectivity index (χ0v) is 8.47. The van der Waals surface area contributed by atoms with E-state index in [9.17, 15) is 0 Å². The average molecular weight is 173 g/mol. The third-order valence-electron chi connectivity index (χ3n) is 2.07. The van der Waals surface area contributed by atoms with Gasteiger partial charge in [-0.3, -0.25) is 0 Å². The Labute approximate surface area is 76.4 Å². The van der Waals surface area contributed by atoms with Crippen LogP contribution in [0.2, 0.25) is 0 Å². The zero-order chi connectivity index (χ0) is 9.23. The molecule has 2 heteroatoms. The average Bonchev–Trinajstić information content (AvgIpc) is 2.10. The summed E-state index contributed by atoms with van der Waals surface area (Å²) < 4.78 is 0. The molecule has 0 aromatic rings. The number of rotatable bonds is 8. The molecule has 2 nitrogen and oxygen atoms in total. The molecule has 0 radical (unpaired) electrons. The fraction of sp³-hybridized carbons (Fsp3) is 1.00. The van der Waals surface area contributed by atoms with Crippen LogP contribution in [0.15, 0.2) is 0 Å². The highest BCUT2D eigenvalue weighted by Gasteiger charge is 2.04. The van der Waals surface area contributed by atoms with Crippen LogP contribution in [-0.2, 0) is 0 Å². The predicted octanol–water partition coefficient (Wildman–Crippen LogP) is 1.93. The van der Waals surface area contributed by atoms with Gasteiger partial charge in [0.2, 0.25) is 0 Å². The molecule has 1 unspecified atom stereocenters. The Morgan fingerprint density at radius 3 is 2.42 bits per heavy atom. The second-order valence-corrected chi connectivity index (χ2v) is 3.31. The van der Waals surface area contributed by atoms with Gasteiger partial charge in [-0.2, -0.15) is 0 Å². The van der Waals surface area contributed by atoms with E-state index in [4.69, 9.17) is 5.11 Å². The molecule has 0 fully saturated rings. The molecular weight excluding hydrogens is 150 g/mol. The van der Waals surface area contributed by atoms with Crippen molar-refractivity contribution in [2.24, 2.45) is 0 Å². The molecule has 0 aromatic carbocycles. The largest absolute Gasteiger partial charge is 0.396 e. The van der Waals surface area contributed by atoms with Gasteiger partial charge in [-0.25, -0.2) is 0 Å². The first-order chi connectivity index (χ1) is 5.85. The Hall–Kier alpha value is -0.0800. The highest BCUT2D eigenvalue weighted by atomic mass is 16.3. The van der Waals surface area contributed by atoms with Gasteiger partial charge >= 0.3 is 0 Å². The fourth-order valence-electron chi connectivity index (χ4n) is 1.30. The summed E-state index contributed by atoms with van der Waals surface area (Å²) in [6.07, 6.45) is 5.79. The van der Waals surface area contributed by atoms with E-state index in [0.29, 0.717) is 12.6 Å². The highest BCUT2D eigenvalue weighted by Crippen LogP contribution is 2.03. The van der Waals surface area contributed by atoms with Crippen LogP contribution in [-0.4, -0.2) is 24.3 Å². The van der Waals surface area contributed by atoms with E-state index >= 15 is 0 Å².